The third-order valence-corrected chi connectivity index (χ3v) is 9.40. The van der Waals surface area contributed by atoms with E-state index >= 15 is 5.11 Å². The molecule has 0 spiro atoms. The number of aliphatic hydroxyl groups excluding tert-OH is 3. The van der Waals surface area contributed by atoms with E-state index in [9.17, 15) is 34.8 Å². The third-order valence-electron chi connectivity index (χ3n) is 9.40. The second-order valence-corrected chi connectivity index (χ2v) is 15.0. The molecule has 0 aromatic heterocycles. The minimum Gasteiger partial charge on any atom is -0.395 e. The number of ether oxygens (including phenoxy) is 4. The summed E-state index contributed by atoms with van der Waals surface area (Å²) in [6.45, 7) is 6.26. The first-order valence-corrected chi connectivity index (χ1v) is 17.1. The molecule has 5 aliphatic heterocycles. The largest absolute Gasteiger partial charge is 0.395 e. The fourth-order valence-electron chi connectivity index (χ4n) is 6.94. The van der Waals surface area contributed by atoms with Crippen LogP contribution in [-0.2, 0) is 28.8 Å². The Labute approximate surface area is 292 Å². The lowest BCUT2D eigenvalue weighted by atomic mass is 9.93. The topological polar surface area (TPSA) is 212 Å². The number of likely N-dealkylation sites (N-methyl/N-ethyl adjacent to an activating group) is 1. The first-order valence-electron chi connectivity index (χ1n) is 17.1. The van der Waals surface area contributed by atoms with Gasteiger partial charge in [-0.3, -0.25) is 19.5 Å². The molecular formula is C31H54N7O12. The van der Waals surface area contributed by atoms with Crippen molar-refractivity contribution in [3.8, 4) is 0 Å². The summed E-state index contributed by atoms with van der Waals surface area (Å²) in [7, 11) is 4.76. The van der Waals surface area contributed by atoms with Gasteiger partial charge in [0.2, 0.25) is 6.23 Å². The van der Waals surface area contributed by atoms with E-state index < -0.39 is 66.6 Å². The van der Waals surface area contributed by atoms with Gasteiger partial charge in [-0.15, -0.1) is 0 Å². The summed E-state index contributed by atoms with van der Waals surface area (Å²) in [4.78, 5) is 49.5. The van der Waals surface area contributed by atoms with Gasteiger partial charge >= 0.3 is 23.8 Å². The van der Waals surface area contributed by atoms with Crippen molar-refractivity contribution in [1.82, 2.24) is 34.3 Å². The van der Waals surface area contributed by atoms with Crippen molar-refractivity contribution in [3.63, 3.8) is 0 Å². The summed E-state index contributed by atoms with van der Waals surface area (Å²) < 4.78 is 25.4. The molecule has 5 saturated heterocycles. The van der Waals surface area contributed by atoms with Gasteiger partial charge in [-0.25, -0.2) is 9.59 Å². The van der Waals surface area contributed by atoms with E-state index in [4.69, 9.17) is 18.9 Å². The van der Waals surface area contributed by atoms with Crippen LogP contribution >= 0.6 is 0 Å². The van der Waals surface area contributed by atoms with Gasteiger partial charge in [-0.05, 0) is 20.8 Å². The molecule has 0 aromatic rings. The maximum atomic E-state index is 15.4. The average Bonchev–Trinajstić information content (AvgIpc) is 2.94. The smallest absolute Gasteiger partial charge is 0.323 e. The van der Waals surface area contributed by atoms with E-state index in [1.807, 2.05) is 9.80 Å². The minimum atomic E-state index is -2.68. The Morgan fingerprint density at radius 1 is 0.840 bits per heavy atom. The zero-order valence-corrected chi connectivity index (χ0v) is 29.8. The first kappa shape index (κ1) is 38.8. The number of aliphatic hydroxyl groups is 4. The molecule has 5 heterocycles. The van der Waals surface area contributed by atoms with Crippen LogP contribution in [0.15, 0.2) is 0 Å². The molecule has 4 N–H and O–H groups in total. The standard InChI is InChI=1S/C31H54N7O12/c1-20(41)9-34-12-22(13-34)48-30(46)26(47-21-10-35(11-21)19-29(2,3)45)38(25(42)18-40)31(30,49-23-14-36(15-23)27(43)32(4)5)50-24-16-37(17-24)28(44)33(6)7-8-39/h20-24,26,39-41,45H,7-19H2,1-6H3. The molecule has 1 radical (unpaired) electrons. The lowest BCUT2D eigenvalue weighted by Gasteiger charge is -2.66. The molecule has 0 bridgehead atoms. The highest BCUT2D eigenvalue weighted by Crippen LogP contribution is 2.53. The quantitative estimate of drug-likeness (QED) is 0.122. The SMILES string of the molecule is CC(O)CN1CC(OC2([O])C(OC3CN(CC(C)(C)O)C3)N(C(=O)CO)C2(OC2CN(C(=O)N(C)C)C2)OC2CN(C(=O)N(C)CCO)C2)C1. The molecule has 0 aromatic carbocycles. The number of carbonyl (C=O) groups is 3. The number of hydrogen-bond acceptors (Lipinski definition) is 13. The molecule has 0 saturated carbocycles. The van der Waals surface area contributed by atoms with Crippen LogP contribution in [-0.4, -0.2) is 233 Å². The molecule has 285 valence electrons. The fraction of sp³-hybridized carbons (Fsp3) is 0.903. The number of urea groups is 2. The van der Waals surface area contributed by atoms with Crippen molar-refractivity contribution in [1.29, 1.82) is 0 Å². The summed E-state index contributed by atoms with van der Waals surface area (Å²) in [5.74, 6) is -6.04. The maximum absolute atomic E-state index is 15.4. The molecule has 50 heavy (non-hydrogen) atoms. The van der Waals surface area contributed by atoms with Crippen molar-refractivity contribution < 1.29 is 58.9 Å². The average molecular weight is 717 g/mol. The van der Waals surface area contributed by atoms with Crippen LogP contribution in [0.5, 0.6) is 0 Å². The first-order chi connectivity index (χ1) is 23.4. The molecule has 5 amide bonds. The van der Waals surface area contributed by atoms with Gasteiger partial charge in [-0.1, -0.05) is 0 Å². The predicted molar refractivity (Wildman–Crippen MR) is 172 cm³/mol. The van der Waals surface area contributed by atoms with Crippen LogP contribution in [0, 0.1) is 0 Å². The number of rotatable bonds is 15. The van der Waals surface area contributed by atoms with Crippen molar-refractivity contribution in [2.45, 2.75) is 74.8 Å². The monoisotopic (exact) mass is 716 g/mol. The van der Waals surface area contributed by atoms with Crippen molar-refractivity contribution in [2.24, 2.45) is 0 Å². The number of hydrogen-bond donors (Lipinski definition) is 4. The van der Waals surface area contributed by atoms with E-state index in [0.717, 1.165) is 4.90 Å². The Hall–Kier alpha value is -2.43. The van der Waals surface area contributed by atoms with Crippen LogP contribution in [0.2, 0.25) is 0 Å². The molecule has 0 aliphatic carbocycles. The van der Waals surface area contributed by atoms with Gasteiger partial charge in [0.25, 0.3) is 5.91 Å². The maximum Gasteiger partial charge on any atom is 0.323 e. The molecule has 5 aliphatic rings. The number of amides is 5. The zero-order chi connectivity index (χ0) is 36.8. The Balaban J connectivity index is 1.42. The molecule has 4 unspecified atom stereocenters. The highest BCUT2D eigenvalue weighted by atomic mass is 16.8. The lowest BCUT2D eigenvalue weighted by Crippen LogP contribution is -2.91. The highest BCUT2D eigenvalue weighted by molar-refractivity contribution is 5.79. The molecule has 19 nitrogen and oxygen atoms in total. The Morgan fingerprint density at radius 2 is 1.36 bits per heavy atom. The van der Waals surface area contributed by atoms with Crippen LogP contribution in [0.3, 0.4) is 0 Å². The van der Waals surface area contributed by atoms with E-state index in [1.165, 1.54) is 19.6 Å². The highest BCUT2D eigenvalue weighted by Gasteiger charge is 2.82. The van der Waals surface area contributed by atoms with Gasteiger partial charge in [0.1, 0.15) is 6.61 Å². The predicted octanol–water partition coefficient (Wildman–Crippen LogP) is -3.39. The molecule has 5 rings (SSSR count). The molecule has 4 atom stereocenters. The molecule has 19 heteroatoms. The van der Waals surface area contributed by atoms with Crippen molar-refractivity contribution in [2.75, 3.05) is 106 Å². The molecule has 5 fully saturated rings. The second-order valence-electron chi connectivity index (χ2n) is 15.0. The number of β-amino-alcohol motifs (C(OH)–C–C–N with tert-alkyl or cyclic N) is 2. The Bertz CT molecular complexity index is 1220. The van der Waals surface area contributed by atoms with E-state index in [0.29, 0.717) is 39.3 Å². The second kappa shape index (κ2) is 14.9. The van der Waals surface area contributed by atoms with Gasteiger partial charge in [0.15, 0.2) is 0 Å². The van der Waals surface area contributed by atoms with E-state index in [-0.39, 0.29) is 51.4 Å². The Morgan fingerprint density at radius 3 is 1.84 bits per heavy atom. The number of nitrogens with zero attached hydrogens (tertiary/aromatic N) is 7. The Kier molecular flexibility index (Phi) is 11.6. The lowest BCUT2D eigenvalue weighted by molar-refractivity contribution is -0.584. The normalized spacial score (nSPS) is 29.1. The van der Waals surface area contributed by atoms with E-state index in [1.54, 1.807) is 41.9 Å². The van der Waals surface area contributed by atoms with Crippen molar-refractivity contribution >= 4 is 18.0 Å². The minimum absolute atomic E-state index is 0.0402. The van der Waals surface area contributed by atoms with Gasteiger partial charge in [0, 0.05) is 67.0 Å². The summed E-state index contributed by atoms with van der Waals surface area (Å²) >= 11 is 0. The van der Waals surface area contributed by atoms with Crippen LogP contribution in [0.4, 0.5) is 9.59 Å². The number of likely N-dealkylation sites (tertiary alicyclic amines) is 5. The summed E-state index contributed by atoms with van der Waals surface area (Å²) in [5, 5.41) is 54.9. The van der Waals surface area contributed by atoms with E-state index in [2.05, 4.69) is 0 Å². The summed E-state index contributed by atoms with van der Waals surface area (Å²) in [6.07, 6.45) is -4.88. The molecular weight excluding hydrogens is 662 g/mol. The third kappa shape index (κ3) is 7.82. The number of carbonyl (C=O) groups excluding carboxylic acids is 3. The van der Waals surface area contributed by atoms with Gasteiger partial charge in [-0.2, -0.15) is 5.11 Å². The summed E-state index contributed by atoms with van der Waals surface area (Å²) in [5.41, 5.74) is -0.958. The van der Waals surface area contributed by atoms with Crippen LogP contribution in [0.25, 0.3) is 0 Å². The van der Waals surface area contributed by atoms with Gasteiger partial charge < -0.3 is 59.0 Å². The van der Waals surface area contributed by atoms with Crippen LogP contribution < -0.4 is 0 Å². The summed E-state index contributed by atoms with van der Waals surface area (Å²) in [6, 6.07) is -0.627. The van der Waals surface area contributed by atoms with Crippen LogP contribution in [0.1, 0.15) is 20.8 Å². The zero-order valence-electron chi connectivity index (χ0n) is 29.8. The van der Waals surface area contributed by atoms with Crippen molar-refractivity contribution in [3.05, 3.63) is 0 Å². The fourth-order valence-corrected chi connectivity index (χ4v) is 6.94. The van der Waals surface area contributed by atoms with Gasteiger partial charge in [0.05, 0.1) is 68.9 Å².